The molecule has 6 nitrogen and oxygen atoms in total. The number of hydrogen-bond acceptors (Lipinski definition) is 4. The molecular weight excluding hydrogens is 280 g/mol. The van der Waals surface area contributed by atoms with Crippen molar-refractivity contribution >= 4 is 21.7 Å². The highest BCUT2D eigenvalue weighted by Gasteiger charge is 2.25. The molecule has 1 N–H and O–H groups in total. The first-order valence-electron chi connectivity index (χ1n) is 6.12. The number of carboxylic acid groups (broad SMARTS) is 1. The second kappa shape index (κ2) is 6.23. The molecule has 0 aromatic heterocycles. The molecule has 0 saturated heterocycles. The molecule has 20 heavy (non-hydrogen) atoms. The Hall–Kier alpha value is -1.60. The van der Waals surface area contributed by atoms with Gasteiger partial charge in [-0.3, -0.25) is 4.79 Å². The number of sulfonamides is 1. The summed E-state index contributed by atoms with van der Waals surface area (Å²) in [7, 11) is 1.35. The van der Waals surface area contributed by atoms with Crippen molar-refractivity contribution in [3.05, 3.63) is 24.3 Å². The normalized spacial score (nSPS) is 13.2. The van der Waals surface area contributed by atoms with Crippen LogP contribution >= 0.6 is 0 Å². The van der Waals surface area contributed by atoms with Gasteiger partial charge in [-0.15, -0.1) is 0 Å². The van der Waals surface area contributed by atoms with Crippen LogP contribution in [0.15, 0.2) is 29.2 Å². The second-order valence-electron chi connectivity index (χ2n) is 4.92. The molecule has 0 saturated carbocycles. The standard InChI is InChI=1S/C13H20N2O4S/c1-10(13(16)17)9-15(4)20(18,19)12-7-5-6-11(8-12)14(2)3/h5-8,10H,9H2,1-4H3,(H,16,17). The fraction of sp³-hybridized carbons (Fsp3) is 0.462. The third kappa shape index (κ3) is 3.71. The van der Waals surface area contributed by atoms with Crippen LogP contribution < -0.4 is 4.90 Å². The SMILES string of the molecule is CC(CN(C)S(=O)(=O)c1cccc(N(C)C)c1)C(=O)O. The van der Waals surface area contributed by atoms with Gasteiger partial charge in [0.05, 0.1) is 10.8 Å². The van der Waals surface area contributed by atoms with Crippen LogP contribution in [-0.4, -0.2) is 51.5 Å². The Morgan fingerprint density at radius 1 is 1.30 bits per heavy atom. The average molecular weight is 300 g/mol. The van der Waals surface area contributed by atoms with Crippen LogP contribution in [0, 0.1) is 5.92 Å². The Morgan fingerprint density at radius 2 is 1.90 bits per heavy atom. The van der Waals surface area contributed by atoms with E-state index in [1.807, 2.05) is 14.1 Å². The van der Waals surface area contributed by atoms with Crippen molar-refractivity contribution in [3.63, 3.8) is 0 Å². The van der Waals surface area contributed by atoms with Gasteiger partial charge in [-0.25, -0.2) is 12.7 Å². The van der Waals surface area contributed by atoms with Gasteiger partial charge in [-0.1, -0.05) is 13.0 Å². The van der Waals surface area contributed by atoms with E-state index < -0.39 is 21.9 Å². The lowest BCUT2D eigenvalue weighted by Crippen LogP contribution is -2.33. The van der Waals surface area contributed by atoms with Crippen molar-refractivity contribution in [1.82, 2.24) is 4.31 Å². The van der Waals surface area contributed by atoms with Crippen molar-refractivity contribution in [2.24, 2.45) is 5.92 Å². The Morgan fingerprint density at radius 3 is 2.40 bits per heavy atom. The molecule has 0 aliphatic carbocycles. The number of nitrogens with zero attached hydrogens (tertiary/aromatic N) is 2. The zero-order valence-corrected chi connectivity index (χ0v) is 12.9. The minimum absolute atomic E-state index is 0.0656. The number of aliphatic carboxylic acids is 1. The minimum Gasteiger partial charge on any atom is -0.481 e. The van der Waals surface area contributed by atoms with Gasteiger partial charge in [-0.05, 0) is 18.2 Å². The number of rotatable bonds is 6. The van der Waals surface area contributed by atoms with E-state index in [1.54, 1.807) is 23.1 Å². The number of benzene rings is 1. The van der Waals surface area contributed by atoms with Crippen LogP contribution in [0.2, 0.25) is 0 Å². The summed E-state index contributed by atoms with van der Waals surface area (Å²) in [5, 5.41) is 8.86. The summed E-state index contributed by atoms with van der Waals surface area (Å²) < 4.78 is 25.8. The zero-order chi connectivity index (χ0) is 15.5. The lowest BCUT2D eigenvalue weighted by molar-refractivity contribution is -0.141. The molecule has 1 aromatic rings. The van der Waals surface area contributed by atoms with Crippen molar-refractivity contribution in [2.45, 2.75) is 11.8 Å². The van der Waals surface area contributed by atoms with Crippen LogP contribution in [0.25, 0.3) is 0 Å². The van der Waals surface area contributed by atoms with Gasteiger partial charge in [0, 0.05) is 33.4 Å². The van der Waals surface area contributed by atoms with Gasteiger partial charge in [-0.2, -0.15) is 0 Å². The number of carboxylic acids is 1. The molecule has 1 rings (SSSR count). The van der Waals surface area contributed by atoms with Crippen molar-refractivity contribution < 1.29 is 18.3 Å². The first-order valence-corrected chi connectivity index (χ1v) is 7.56. The van der Waals surface area contributed by atoms with Gasteiger partial charge in [0.2, 0.25) is 10.0 Å². The summed E-state index contributed by atoms with van der Waals surface area (Å²) >= 11 is 0. The number of hydrogen-bond donors (Lipinski definition) is 1. The van der Waals surface area contributed by atoms with Gasteiger partial charge < -0.3 is 10.0 Å². The fourth-order valence-corrected chi connectivity index (χ4v) is 2.96. The molecule has 1 aromatic carbocycles. The predicted octanol–water partition coefficient (Wildman–Crippen LogP) is 1.09. The van der Waals surface area contributed by atoms with E-state index in [-0.39, 0.29) is 11.4 Å². The fourth-order valence-electron chi connectivity index (χ4n) is 1.66. The molecular formula is C13H20N2O4S. The van der Waals surface area contributed by atoms with Crippen molar-refractivity contribution in [2.75, 3.05) is 32.6 Å². The van der Waals surface area contributed by atoms with E-state index in [0.717, 1.165) is 9.99 Å². The largest absolute Gasteiger partial charge is 0.481 e. The number of carbonyl (C=O) groups is 1. The van der Waals surface area contributed by atoms with Crippen LogP contribution in [0.4, 0.5) is 5.69 Å². The summed E-state index contributed by atoms with van der Waals surface area (Å²) in [5.41, 5.74) is 0.769. The smallest absolute Gasteiger partial charge is 0.307 e. The van der Waals surface area contributed by atoms with E-state index in [4.69, 9.17) is 5.11 Å². The molecule has 0 fully saturated rings. The maximum atomic E-state index is 12.4. The lowest BCUT2D eigenvalue weighted by Gasteiger charge is -2.20. The number of anilines is 1. The van der Waals surface area contributed by atoms with Crippen LogP contribution in [0.1, 0.15) is 6.92 Å². The molecule has 0 heterocycles. The minimum atomic E-state index is -3.68. The lowest BCUT2D eigenvalue weighted by atomic mass is 10.2. The third-order valence-corrected chi connectivity index (χ3v) is 4.81. The summed E-state index contributed by atoms with van der Waals surface area (Å²) in [6.45, 7) is 1.41. The maximum absolute atomic E-state index is 12.4. The molecule has 0 amide bonds. The Labute approximate surface area is 119 Å². The van der Waals surface area contributed by atoms with Gasteiger partial charge in [0.25, 0.3) is 0 Å². The monoisotopic (exact) mass is 300 g/mol. The second-order valence-corrected chi connectivity index (χ2v) is 6.96. The first-order chi connectivity index (χ1) is 9.16. The highest BCUT2D eigenvalue weighted by molar-refractivity contribution is 7.89. The van der Waals surface area contributed by atoms with E-state index in [2.05, 4.69) is 0 Å². The van der Waals surface area contributed by atoms with E-state index >= 15 is 0 Å². The molecule has 0 spiro atoms. The van der Waals surface area contributed by atoms with E-state index in [1.165, 1.54) is 20.0 Å². The van der Waals surface area contributed by atoms with E-state index in [0.29, 0.717) is 0 Å². The molecule has 0 radical (unpaired) electrons. The summed E-state index contributed by atoms with van der Waals surface area (Å²) in [4.78, 5) is 12.8. The Balaban J connectivity index is 3.04. The van der Waals surface area contributed by atoms with Gasteiger partial charge >= 0.3 is 5.97 Å². The average Bonchev–Trinajstić information content (AvgIpc) is 2.38. The van der Waals surface area contributed by atoms with Crippen molar-refractivity contribution in [1.29, 1.82) is 0 Å². The first kappa shape index (κ1) is 16.5. The third-order valence-electron chi connectivity index (χ3n) is 2.99. The quantitative estimate of drug-likeness (QED) is 0.851. The van der Waals surface area contributed by atoms with Crippen molar-refractivity contribution in [3.8, 4) is 0 Å². The van der Waals surface area contributed by atoms with Crippen LogP contribution in [0.3, 0.4) is 0 Å². The van der Waals surface area contributed by atoms with E-state index in [9.17, 15) is 13.2 Å². The summed E-state index contributed by atoms with van der Waals surface area (Å²) in [6.07, 6.45) is 0. The summed E-state index contributed by atoms with van der Waals surface area (Å²) in [6, 6.07) is 6.54. The molecule has 0 aliphatic rings. The summed E-state index contributed by atoms with van der Waals surface area (Å²) in [5.74, 6) is -1.78. The maximum Gasteiger partial charge on any atom is 0.307 e. The van der Waals surface area contributed by atoms with Gasteiger partial charge in [0.1, 0.15) is 0 Å². The highest BCUT2D eigenvalue weighted by Crippen LogP contribution is 2.20. The molecule has 0 bridgehead atoms. The molecule has 1 unspecified atom stereocenters. The Bertz CT molecular complexity index is 584. The molecule has 7 heteroatoms. The molecule has 112 valence electrons. The highest BCUT2D eigenvalue weighted by atomic mass is 32.2. The van der Waals surface area contributed by atoms with Gasteiger partial charge in [0.15, 0.2) is 0 Å². The molecule has 0 aliphatic heterocycles. The van der Waals surface area contributed by atoms with Crippen LogP contribution in [-0.2, 0) is 14.8 Å². The molecule has 1 atom stereocenters. The zero-order valence-electron chi connectivity index (χ0n) is 12.1. The Kier molecular flexibility index (Phi) is 5.13. The van der Waals surface area contributed by atoms with Crippen LogP contribution in [0.5, 0.6) is 0 Å². The topological polar surface area (TPSA) is 77.9 Å². The predicted molar refractivity (Wildman–Crippen MR) is 77.4 cm³/mol.